The summed E-state index contributed by atoms with van der Waals surface area (Å²) in [5.74, 6) is -0.124. The third kappa shape index (κ3) is 2.86. The number of aryl methyl sites for hydroxylation is 1. The van der Waals surface area contributed by atoms with Gasteiger partial charge in [0.25, 0.3) is 10.0 Å². The van der Waals surface area contributed by atoms with Gasteiger partial charge in [-0.15, -0.1) is 0 Å². The number of sulfonamides is 1. The van der Waals surface area contributed by atoms with Crippen LogP contribution in [0.25, 0.3) is 0 Å². The second-order valence-corrected chi connectivity index (χ2v) is 7.71. The molecule has 2 aromatic rings. The SMILES string of the molecule is Cc1cc(Br)ccc1NS(=O)(=O)c1ccc2c(c1)CC(=O)N2. The molecule has 5 nitrogen and oxygen atoms in total. The van der Waals surface area contributed by atoms with Gasteiger partial charge in [0.1, 0.15) is 0 Å². The standard InChI is InChI=1S/C15H13BrN2O3S/c1-9-6-11(16)2-4-13(9)18-22(20,21)12-3-5-14-10(7-12)8-15(19)17-14/h2-7,18H,8H2,1H3,(H,17,19). The summed E-state index contributed by atoms with van der Waals surface area (Å²) in [6.45, 7) is 1.83. The van der Waals surface area contributed by atoms with Crippen LogP contribution in [0.2, 0.25) is 0 Å². The highest BCUT2D eigenvalue weighted by Crippen LogP contribution is 2.28. The molecule has 3 rings (SSSR count). The highest BCUT2D eigenvalue weighted by atomic mass is 79.9. The van der Waals surface area contributed by atoms with Crippen LogP contribution in [0.4, 0.5) is 11.4 Å². The first-order valence-electron chi connectivity index (χ1n) is 6.57. The minimum Gasteiger partial charge on any atom is -0.326 e. The number of amides is 1. The minimum absolute atomic E-state index is 0.124. The molecule has 0 saturated carbocycles. The van der Waals surface area contributed by atoms with Crippen molar-refractivity contribution in [1.29, 1.82) is 0 Å². The molecule has 0 spiro atoms. The van der Waals surface area contributed by atoms with Gasteiger partial charge >= 0.3 is 0 Å². The Bertz CT molecular complexity index is 878. The molecular formula is C15H13BrN2O3S. The average Bonchev–Trinajstić information content (AvgIpc) is 2.81. The predicted molar refractivity (Wildman–Crippen MR) is 88.5 cm³/mol. The van der Waals surface area contributed by atoms with Gasteiger partial charge in [-0.25, -0.2) is 8.42 Å². The van der Waals surface area contributed by atoms with E-state index in [0.717, 1.165) is 10.0 Å². The lowest BCUT2D eigenvalue weighted by Gasteiger charge is -2.11. The number of carbonyl (C=O) groups excluding carboxylic acids is 1. The van der Waals surface area contributed by atoms with E-state index >= 15 is 0 Å². The second-order valence-electron chi connectivity index (χ2n) is 5.11. The summed E-state index contributed by atoms with van der Waals surface area (Å²) in [4.78, 5) is 11.5. The predicted octanol–water partition coefficient (Wildman–Crippen LogP) is 3.05. The van der Waals surface area contributed by atoms with Crippen molar-refractivity contribution in [3.8, 4) is 0 Å². The average molecular weight is 381 g/mol. The summed E-state index contributed by atoms with van der Waals surface area (Å²) in [7, 11) is -3.69. The molecule has 114 valence electrons. The third-order valence-corrected chi connectivity index (χ3v) is 5.30. The Hall–Kier alpha value is -1.86. The van der Waals surface area contributed by atoms with Crippen LogP contribution >= 0.6 is 15.9 Å². The van der Waals surface area contributed by atoms with E-state index in [0.29, 0.717) is 16.9 Å². The smallest absolute Gasteiger partial charge is 0.261 e. The second kappa shape index (κ2) is 5.40. The number of carbonyl (C=O) groups is 1. The van der Waals surface area contributed by atoms with E-state index in [9.17, 15) is 13.2 Å². The van der Waals surface area contributed by atoms with Crippen molar-refractivity contribution < 1.29 is 13.2 Å². The number of rotatable bonds is 3. The first-order valence-corrected chi connectivity index (χ1v) is 8.84. The number of anilines is 2. The zero-order valence-corrected chi connectivity index (χ0v) is 14.1. The summed E-state index contributed by atoms with van der Waals surface area (Å²) >= 11 is 3.34. The van der Waals surface area contributed by atoms with E-state index in [-0.39, 0.29) is 17.2 Å². The number of fused-ring (bicyclic) bond motifs is 1. The van der Waals surface area contributed by atoms with Crippen molar-refractivity contribution >= 4 is 43.2 Å². The first-order chi connectivity index (χ1) is 10.3. The van der Waals surface area contributed by atoms with Crippen molar-refractivity contribution in [2.45, 2.75) is 18.2 Å². The van der Waals surface area contributed by atoms with Crippen molar-refractivity contribution in [2.75, 3.05) is 10.0 Å². The monoisotopic (exact) mass is 380 g/mol. The van der Waals surface area contributed by atoms with Crippen LogP contribution in [0.15, 0.2) is 45.8 Å². The number of nitrogens with one attached hydrogen (secondary N) is 2. The van der Waals surface area contributed by atoms with E-state index in [2.05, 4.69) is 26.0 Å². The molecule has 1 aliphatic rings. The van der Waals surface area contributed by atoms with Crippen molar-refractivity contribution in [2.24, 2.45) is 0 Å². The molecule has 0 saturated heterocycles. The van der Waals surface area contributed by atoms with Crippen LogP contribution in [0, 0.1) is 6.92 Å². The fourth-order valence-electron chi connectivity index (χ4n) is 2.32. The molecule has 2 aromatic carbocycles. The van der Waals surface area contributed by atoms with Crippen LogP contribution in [-0.4, -0.2) is 14.3 Å². The molecule has 22 heavy (non-hydrogen) atoms. The first kappa shape index (κ1) is 15.1. The Labute approximate surface area is 136 Å². The van der Waals surface area contributed by atoms with Crippen LogP contribution in [0.3, 0.4) is 0 Å². The van der Waals surface area contributed by atoms with Crippen LogP contribution in [0.5, 0.6) is 0 Å². The van der Waals surface area contributed by atoms with Crippen molar-refractivity contribution in [3.63, 3.8) is 0 Å². The van der Waals surface area contributed by atoms with Gasteiger partial charge in [0.05, 0.1) is 17.0 Å². The van der Waals surface area contributed by atoms with Crippen LogP contribution < -0.4 is 10.0 Å². The Morgan fingerprint density at radius 2 is 1.95 bits per heavy atom. The molecule has 0 aromatic heterocycles. The number of benzene rings is 2. The van der Waals surface area contributed by atoms with Crippen molar-refractivity contribution in [1.82, 2.24) is 0 Å². The number of hydrogen-bond donors (Lipinski definition) is 2. The lowest BCUT2D eigenvalue weighted by Crippen LogP contribution is -2.14. The lowest BCUT2D eigenvalue weighted by molar-refractivity contribution is -0.115. The molecule has 0 atom stereocenters. The lowest BCUT2D eigenvalue weighted by atomic mass is 10.2. The summed E-state index contributed by atoms with van der Waals surface area (Å²) in [5, 5.41) is 2.68. The Morgan fingerprint density at radius 1 is 1.18 bits per heavy atom. The maximum absolute atomic E-state index is 12.5. The van der Waals surface area contributed by atoms with E-state index < -0.39 is 10.0 Å². The highest BCUT2D eigenvalue weighted by Gasteiger charge is 2.22. The fraction of sp³-hybridized carbons (Fsp3) is 0.133. The molecule has 1 aliphatic heterocycles. The maximum atomic E-state index is 12.5. The molecule has 7 heteroatoms. The van der Waals surface area contributed by atoms with Gasteiger partial charge in [0.15, 0.2) is 0 Å². The molecule has 0 radical (unpaired) electrons. The third-order valence-electron chi connectivity index (χ3n) is 3.44. The number of halogens is 1. The van der Waals surface area contributed by atoms with Gasteiger partial charge in [0.2, 0.25) is 5.91 Å². The molecule has 0 aliphatic carbocycles. The zero-order chi connectivity index (χ0) is 15.9. The maximum Gasteiger partial charge on any atom is 0.261 e. The fourth-order valence-corrected chi connectivity index (χ4v) is 3.97. The van der Waals surface area contributed by atoms with Gasteiger partial charge in [-0.3, -0.25) is 9.52 Å². The molecule has 1 amide bonds. The van der Waals surface area contributed by atoms with E-state index in [1.807, 2.05) is 13.0 Å². The Kier molecular flexibility index (Phi) is 3.70. The highest BCUT2D eigenvalue weighted by molar-refractivity contribution is 9.10. The van der Waals surface area contributed by atoms with Crippen molar-refractivity contribution in [3.05, 3.63) is 52.0 Å². The van der Waals surface area contributed by atoms with Crippen LogP contribution in [0.1, 0.15) is 11.1 Å². The quantitative estimate of drug-likeness (QED) is 0.858. The summed E-state index contributed by atoms with van der Waals surface area (Å²) in [6, 6.07) is 9.95. The summed E-state index contributed by atoms with van der Waals surface area (Å²) in [6.07, 6.45) is 0.204. The van der Waals surface area contributed by atoms with Gasteiger partial charge in [0, 0.05) is 10.2 Å². The Morgan fingerprint density at radius 3 is 2.68 bits per heavy atom. The van der Waals surface area contributed by atoms with E-state index in [1.54, 1.807) is 18.2 Å². The molecule has 0 bridgehead atoms. The molecule has 0 unspecified atom stereocenters. The summed E-state index contributed by atoms with van der Waals surface area (Å²) in [5.41, 5.74) is 2.71. The normalized spacial score (nSPS) is 13.6. The van der Waals surface area contributed by atoms with E-state index in [1.165, 1.54) is 12.1 Å². The van der Waals surface area contributed by atoms with Gasteiger partial charge in [-0.05, 0) is 54.4 Å². The van der Waals surface area contributed by atoms with Gasteiger partial charge in [-0.2, -0.15) is 0 Å². The number of hydrogen-bond acceptors (Lipinski definition) is 3. The Balaban J connectivity index is 1.94. The zero-order valence-electron chi connectivity index (χ0n) is 11.7. The van der Waals surface area contributed by atoms with Gasteiger partial charge < -0.3 is 5.32 Å². The minimum atomic E-state index is -3.69. The van der Waals surface area contributed by atoms with E-state index in [4.69, 9.17) is 0 Å². The summed E-state index contributed by atoms with van der Waals surface area (Å²) < 4.78 is 28.4. The molecular weight excluding hydrogens is 368 g/mol. The van der Waals surface area contributed by atoms with Crippen LogP contribution in [-0.2, 0) is 21.2 Å². The topological polar surface area (TPSA) is 75.3 Å². The molecule has 1 heterocycles. The molecule has 2 N–H and O–H groups in total. The molecule has 0 fully saturated rings. The van der Waals surface area contributed by atoms with Gasteiger partial charge in [-0.1, -0.05) is 15.9 Å². The largest absolute Gasteiger partial charge is 0.326 e.